The highest BCUT2D eigenvalue weighted by Crippen LogP contribution is 2.23. The summed E-state index contributed by atoms with van der Waals surface area (Å²) in [4.78, 5) is 42.0. The van der Waals surface area contributed by atoms with Crippen molar-refractivity contribution in [2.24, 2.45) is 11.3 Å². The summed E-state index contributed by atoms with van der Waals surface area (Å²) in [6, 6.07) is 6.11. The summed E-state index contributed by atoms with van der Waals surface area (Å²) in [6.45, 7) is 10.4. The number of hydrazine groups is 1. The van der Waals surface area contributed by atoms with Crippen molar-refractivity contribution in [2.45, 2.75) is 59.7 Å². The molecule has 2 rings (SSSR count). The van der Waals surface area contributed by atoms with E-state index >= 15 is 0 Å². The quantitative estimate of drug-likeness (QED) is 0.329. The maximum atomic E-state index is 13.1. The zero-order valence-corrected chi connectivity index (χ0v) is 21.5. The minimum atomic E-state index is -0.902. The van der Waals surface area contributed by atoms with Gasteiger partial charge in [0.15, 0.2) is 0 Å². The van der Waals surface area contributed by atoms with Gasteiger partial charge in [-0.15, -0.1) is 0 Å². The summed E-state index contributed by atoms with van der Waals surface area (Å²) < 4.78 is 0. The highest BCUT2D eigenvalue weighted by atomic mass is 16.3. The van der Waals surface area contributed by atoms with Gasteiger partial charge in [0, 0.05) is 18.6 Å². The average molecular weight is 484 g/mol. The molecule has 0 fully saturated rings. The van der Waals surface area contributed by atoms with Gasteiger partial charge >= 0.3 is 0 Å². The first-order valence-electron chi connectivity index (χ1n) is 11.7. The van der Waals surface area contributed by atoms with Gasteiger partial charge < -0.3 is 15.7 Å². The maximum absolute atomic E-state index is 13.1. The average Bonchev–Trinajstić information content (AvgIpc) is 2.80. The van der Waals surface area contributed by atoms with Crippen molar-refractivity contribution in [1.29, 1.82) is 0 Å². The molecule has 9 nitrogen and oxygen atoms in total. The van der Waals surface area contributed by atoms with Crippen LogP contribution in [0.3, 0.4) is 0 Å². The van der Waals surface area contributed by atoms with Crippen molar-refractivity contribution in [1.82, 2.24) is 26.5 Å². The summed E-state index contributed by atoms with van der Waals surface area (Å²) >= 11 is 0. The molecule has 0 saturated carbocycles. The predicted molar refractivity (Wildman–Crippen MR) is 137 cm³/mol. The van der Waals surface area contributed by atoms with Crippen molar-refractivity contribution >= 4 is 34.6 Å². The number of hydrogen-bond acceptors (Lipinski definition) is 6. The van der Waals surface area contributed by atoms with Crippen LogP contribution >= 0.6 is 0 Å². The summed E-state index contributed by atoms with van der Waals surface area (Å²) in [5.41, 5.74) is 5.53. The van der Waals surface area contributed by atoms with Gasteiger partial charge in [-0.05, 0) is 56.7 Å². The molecule has 0 saturated heterocycles. The molecular formula is C26H37N5O4. The number of nitrogens with one attached hydrogen (secondary N) is 4. The molecule has 1 heterocycles. The van der Waals surface area contributed by atoms with Crippen molar-refractivity contribution in [2.75, 3.05) is 7.05 Å². The molecule has 0 aliphatic carbocycles. The van der Waals surface area contributed by atoms with E-state index in [1.54, 1.807) is 47.0 Å². The monoisotopic (exact) mass is 483 g/mol. The fourth-order valence-electron chi connectivity index (χ4n) is 3.35. The normalized spacial score (nSPS) is 14.5. The van der Waals surface area contributed by atoms with Gasteiger partial charge in [0.05, 0.1) is 17.2 Å². The Kier molecular flexibility index (Phi) is 9.50. The molecule has 3 amide bonds. The Balaban J connectivity index is 2.14. The van der Waals surface area contributed by atoms with Crippen molar-refractivity contribution in [3.63, 3.8) is 0 Å². The lowest BCUT2D eigenvalue weighted by Crippen LogP contribution is -2.56. The molecule has 0 bridgehead atoms. The third-order valence-electron chi connectivity index (χ3n) is 5.71. The van der Waals surface area contributed by atoms with Crippen LogP contribution < -0.4 is 21.5 Å². The number of hydrogen-bond donors (Lipinski definition) is 5. The van der Waals surface area contributed by atoms with Crippen LogP contribution in [0, 0.1) is 11.3 Å². The van der Waals surface area contributed by atoms with Crippen LogP contribution in [0.15, 0.2) is 36.5 Å². The van der Waals surface area contributed by atoms with E-state index in [1.165, 1.54) is 0 Å². The van der Waals surface area contributed by atoms with E-state index in [-0.39, 0.29) is 17.7 Å². The summed E-state index contributed by atoms with van der Waals surface area (Å²) in [5.74, 6) is -1.31. The van der Waals surface area contributed by atoms with Crippen molar-refractivity contribution in [3.05, 3.63) is 47.8 Å². The Labute approximate surface area is 206 Å². The molecule has 2 aromatic rings. The van der Waals surface area contributed by atoms with Crippen LogP contribution in [-0.4, -0.2) is 46.9 Å². The van der Waals surface area contributed by atoms with Crippen LogP contribution in [0.25, 0.3) is 16.8 Å². The van der Waals surface area contributed by atoms with Crippen LogP contribution in [0.2, 0.25) is 0 Å². The number of rotatable bonds is 10. The molecule has 0 aliphatic heterocycles. The Hall–Kier alpha value is -3.30. The molecule has 3 atom stereocenters. The zero-order valence-electron chi connectivity index (χ0n) is 21.5. The second kappa shape index (κ2) is 11.9. The van der Waals surface area contributed by atoms with Crippen LogP contribution in [0.4, 0.5) is 0 Å². The van der Waals surface area contributed by atoms with Crippen LogP contribution in [0.1, 0.15) is 58.9 Å². The number of benzene rings is 1. The van der Waals surface area contributed by atoms with Crippen LogP contribution in [0.5, 0.6) is 0 Å². The van der Waals surface area contributed by atoms with Gasteiger partial charge in [-0.3, -0.25) is 24.8 Å². The SMILES string of the molecule is CNNC(=O)[C@H](C)NC(=O)[C@@H](NC(=O)C(C)(C)/C=C/c1ccc2cnc([C@@H](C)O)cc2c1)C(C)C. The number of nitrogens with zero attached hydrogens (tertiary/aromatic N) is 1. The number of aromatic nitrogens is 1. The lowest BCUT2D eigenvalue weighted by Gasteiger charge is -2.27. The number of carbonyl (C=O) groups excluding carboxylic acids is 3. The molecule has 35 heavy (non-hydrogen) atoms. The van der Waals surface area contributed by atoms with Gasteiger partial charge in [0.1, 0.15) is 12.1 Å². The summed E-state index contributed by atoms with van der Waals surface area (Å²) in [6.07, 6.45) is 4.71. The van der Waals surface area contributed by atoms with Gasteiger partial charge in [0.25, 0.3) is 5.91 Å². The van der Waals surface area contributed by atoms with Gasteiger partial charge in [-0.2, -0.15) is 0 Å². The molecule has 0 spiro atoms. The van der Waals surface area contributed by atoms with Crippen LogP contribution in [-0.2, 0) is 14.4 Å². The van der Waals surface area contributed by atoms with E-state index in [9.17, 15) is 19.5 Å². The number of aliphatic hydroxyl groups is 1. The summed E-state index contributed by atoms with van der Waals surface area (Å²) in [7, 11) is 1.56. The molecule has 0 unspecified atom stereocenters. The third-order valence-corrected chi connectivity index (χ3v) is 5.71. The highest BCUT2D eigenvalue weighted by Gasteiger charge is 2.32. The molecule has 1 aromatic heterocycles. The first-order chi connectivity index (χ1) is 16.4. The topological polar surface area (TPSA) is 132 Å². The standard InChI is InChI=1S/C26H37N5O4/c1-15(2)22(24(34)29-16(3)23(33)31-27-7)30-25(35)26(5,6)11-10-18-8-9-19-14-28-21(17(4)32)13-20(19)12-18/h8-17,22,27,32H,1-7H3,(H,29,34)(H,30,35)(H,31,33)/b11-10+/t16-,17+,22-/m0/s1. The van der Waals surface area contributed by atoms with E-state index in [4.69, 9.17) is 0 Å². The largest absolute Gasteiger partial charge is 0.387 e. The van der Waals surface area contributed by atoms with E-state index in [0.29, 0.717) is 5.69 Å². The zero-order chi connectivity index (χ0) is 26.3. The minimum absolute atomic E-state index is 0.185. The summed E-state index contributed by atoms with van der Waals surface area (Å²) in [5, 5.41) is 17.2. The lowest BCUT2D eigenvalue weighted by molar-refractivity contribution is -0.135. The molecule has 0 radical (unpaired) electrons. The third kappa shape index (κ3) is 7.60. The molecular weight excluding hydrogens is 446 g/mol. The Bertz CT molecular complexity index is 1090. The second-order valence-corrected chi connectivity index (χ2v) is 9.61. The van der Waals surface area contributed by atoms with Crippen molar-refractivity contribution in [3.8, 4) is 0 Å². The molecule has 1 aromatic carbocycles. The second-order valence-electron chi connectivity index (χ2n) is 9.61. The smallest absolute Gasteiger partial charge is 0.256 e. The predicted octanol–water partition coefficient (Wildman–Crippen LogP) is 2.22. The highest BCUT2D eigenvalue weighted by molar-refractivity contribution is 5.94. The number of amides is 3. The number of carbonyl (C=O) groups is 3. The lowest BCUT2D eigenvalue weighted by atomic mass is 9.89. The van der Waals surface area contributed by atoms with Gasteiger partial charge in [-0.1, -0.05) is 38.1 Å². The van der Waals surface area contributed by atoms with E-state index in [1.807, 2.05) is 44.2 Å². The Morgan fingerprint density at radius 3 is 2.29 bits per heavy atom. The number of fused-ring (bicyclic) bond motifs is 1. The minimum Gasteiger partial charge on any atom is -0.387 e. The Morgan fingerprint density at radius 1 is 1.00 bits per heavy atom. The molecule has 5 N–H and O–H groups in total. The number of aliphatic hydroxyl groups excluding tert-OH is 1. The first-order valence-corrected chi connectivity index (χ1v) is 11.7. The van der Waals surface area contributed by atoms with Crippen molar-refractivity contribution < 1.29 is 19.5 Å². The van der Waals surface area contributed by atoms with Gasteiger partial charge in [0.2, 0.25) is 11.8 Å². The first kappa shape index (κ1) is 27.9. The Morgan fingerprint density at radius 2 is 1.69 bits per heavy atom. The molecule has 9 heteroatoms. The van der Waals surface area contributed by atoms with E-state index in [0.717, 1.165) is 16.3 Å². The maximum Gasteiger partial charge on any atom is 0.256 e. The van der Waals surface area contributed by atoms with Gasteiger partial charge in [-0.25, -0.2) is 5.43 Å². The molecule has 190 valence electrons. The molecule has 0 aliphatic rings. The fourth-order valence-corrected chi connectivity index (χ4v) is 3.35. The number of pyridine rings is 1. The van der Waals surface area contributed by atoms with E-state index in [2.05, 4.69) is 26.5 Å². The fraction of sp³-hybridized carbons (Fsp3) is 0.462. The van der Waals surface area contributed by atoms with E-state index < -0.39 is 29.5 Å².